The zero-order valence-electron chi connectivity index (χ0n) is 17.2. The molecule has 6 nitrogen and oxygen atoms in total. The van der Waals surface area contributed by atoms with E-state index in [2.05, 4.69) is 0 Å². The van der Waals surface area contributed by atoms with Gasteiger partial charge in [-0.15, -0.1) is 0 Å². The second-order valence-corrected chi connectivity index (χ2v) is 7.30. The number of carbonyl (C=O) groups excluding carboxylic acids is 3. The highest BCUT2D eigenvalue weighted by atomic mass is 16.5. The number of ether oxygens (including phenoxy) is 2. The number of esters is 1. The zero-order chi connectivity index (χ0) is 21.1. The maximum Gasteiger partial charge on any atom is 0.308 e. The molecular formula is C23H25NO5. The molecule has 29 heavy (non-hydrogen) atoms. The lowest BCUT2D eigenvalue weighted by Crippen LogP contribution is -2.40. The smallest absolute Gasteiger partial charge is 0.308 e. The number of anilines is 1. The molecule has 0 aromatic heterocycles. The molecule has 0 bridgehead atoms. The van der Waals surface area contributed by atoms with Crippen LogP contribution < -0.4 is 9.64 Å². The Hall–Kier alpha value is -3.15. The van der Waals surface area contributed by atoms with Gasteiger partial charge in [-0.2, -0.15) is 0 Å². The fourth-order valence-electron chi connectivity index (χ4n) is 3.36. The van der Waals surface area contributed by atoms with Gasteiger partial charge in [0.15, 0.2) is 12.7 Å². The van der Waals surface area contributed by atoms with Crippen LogP contribution in [-0.4, -0.2) is 36.9 Å². The normalized spacial score (nSPS) is 14.1. The van der Waals surface area contributed by atoms with Crippen molar-refractivity contribution < 1.29 is 23.9 Å². The highest BCUT2D eigenvalue weighted by Crippen LogP contribution is 2.31. The van der Waals surface area contributed by atoms with Crippen molar-refractivity contribution in [2.45, 2.75) is 40.2 Å². The third kappa shape index (κ3) is 4.47. The van der Waals surface area contributed by atoms with Crippen LogP contribution in [0.15, 0.2) is 36.4 Å². The minimum Gasteiger partial charge on any atom is -0.482 e. The van der Waals surface area contributed by atoms with Gasteiger partial charge in [-0.05, 0) is 62.6 Å². The average molecular weight is 395 g/mol. The van der Waals surface area contributed by atoms with E-state index in [-0.39, 0.29) is 31.3 Å². The molecule has 1 unspecified atom stereocenters. The van der Waals surface area contributed by atoms with Gasteiger partial charge < -0.3 is 14.4 Å². The molecule has 0 saturated carbocycles. The van der Waals surface area contributed by atoms with Gasteiger partial charge in [-0.3, -0.25) is 14.4 Å². The van der Waals surface area contributed by atoms with Gasteiger partial charge in [-0.1, -0.05) is 18.2 Å². The summed E-state index contributed by atoms with van der Waals surface area (Å²) >= 11 is 0. The summed E-state index contributed by atoms with van der Waals surface area (Å²) in [6.07, 6.45) is -0.903. The summed E-state index contributed by atoms with van der Waals surface area (Å²) in [5, 5.41) is 0. The van der Waals surface area contributed by atoms with Crippen LogP contribution in [0.3, 0.4) is 0 Å². The third-order valence-corrected chi connectivity index (χ3v) is 5.13. The molecule has 152 valence electrons. The molecule has 6 heteroatoms. The van der Waals surface area contributed by atoms with Gasteiger partial charge in [0.05, 0.1) is 12.1 Å². The van der Waals surface area contributed by atoms with Crippen molar-refractivity contribution >= 4 is 23.3 Å². The SMILES string of the molecule is Cc1cc(C)c(C(=O)C(C)OC(=O)CCN2C(=O)COc3ccccc32)cc1C. The van der Waals surface area contributed by atoms with Crippen LogP contribution >= 0.6 is 0 Å². The lowest BCUT2D eigenvalue weighted by atomic mass is 9.96. The first-order valence-corrected chi connectivity index (χ1v) is 9.61. The van der Waals surface area contributed by atoms with E-state index in [0.29, 0.717) is 17.0 Å². The van der Waals surface area contributed by atoms with Crippen LogP contribution in [0.1, 0.15) is 40.4 Å². The third-order valence-electron chi connectivity index (χ3n) is 5.13. The molecule has 0 aliphatic carbocycles. The molecule has 0 radical (unpaired) electrons. The number of amides is 1. The highest BCUT2D eigenvalue weighted by Gasteiger charge is 2.27. The van der Waals surface area contributed by atoms with Gasteiger partial charge in [0, 0.05) is 12.1 Å². The highest BCUT2D eigenvalue weighted by molar-refractivity contribution is 6.02. The Morgan fingerprint density at radius 3 is 2.55 bits per heavy atom. The number of nitrogens with zero attached hydrogens (tertiary/aromatic N) is 1. The molecule has 1 amide bonds. The van der Waals surface area contributed by atoms with E-state index in [1.165, 1.54) is 4.90 Å². The average Bonchev–Trinajstić information content (AvgIpc) is 2.69. The lowest BCUT2D eigenvalue weighted by molar-refractivity contribution is -0.146. The predicted octanol–water partition coefficient (Wildman–Crippen LogP) is 3.54. The zero-order valence-corrected chi connectivity index (χ0v) is 17.2. The largest absolute Gasteiger partial charge is 0.482 e. The van der Waals surface area contributed by atoms with E-state index in [1.54, 1.807) is 25.1 Å². The molecule has 1 atom stereocenters. The van der Waals surface area contributed by atoms with Crippen molar-refractivity contribution in [3.63, 3.8) is 0 Å². The van der Waals surface area contributed by atoms with E-state index >= 15 is 0 Å². The Morgan fingerprint density at radius 1 is 1.10 bits per heavy atom. The number of benzene rings is 2. The van der Waals surface area contributed by atoms with Crippen LogP contribution in [0.2, 0.25) is 0 Å². The second kappa shape index (κ2) is 8.47. The summed E-state index contributed by atoms with van der Waals surface area (Å²) in [6.45, 7) is 7.49. The molecule has 2 aromatic carbocycles. The molecule has 0 fully saturated rings. The first-order chi connectivity index (χ1) is 13.8. The number of hydrogen-bond acceptors (Lipinski definition) is 5. The van der Waals surface area contributed by atoms with Gasteiger partial charge in [-0.25, -0.2) is 0 Å². The van der Waals surface area contributed by atoms with Crippen molar-refractivity contribution in [1.29, 1.82) is 0 Å². The summed E-state index contributed by atoms with van der Waals surface area (Å²) in [7, 11) is 0. The van der Waals surface area contributed by atoms with Crippen LogP contribution in [0.4, 0.5) is 5.69 Å². The van der Waals surface area contributed by atoms with Crippen LogP contribution in [0, 0.1) is 20.8 Å². The first-order valence-electron chi connectivity index (χ1n) is 9.61. The summed E-state index contributed by atoms with van der Waals surface area (Å²) in [6, 6.07) is 11.0. The topological polar surface area (TPSA) is 72.9 Å². The molecule has 1 aliphatic heterocycles. The standard InChI is InChI=1S/C23H25NO5/c1-14-11-16(3)18(12-15(14)2)23(27)17(4)29-22(26)9-10-24-19-7-5-6-8-20(19)28-13-21(24)25/h5-8,11-12,17H,9-10,13H2,1-4H3. The predicted molar refractivity (Wildman–Crippen MR) is 109 cm³/mol. The summed E-state index contributed by atoms with van der Waals surface area (Å²) in [5.41, 5.74) is 4.18. The Morgan fingerprint density at radius 2 is 1.79 bits per heavy atom. The monoisotopic (exact) mass is 395 g/mol. The number of aryl methyl sites for hydroxylation is 3. The number of hydrogen-bond donors (Lipinski definition) is 0. The number of rotatable bonds is 6. The number of carbonyl (C=O) groups is 3. The molecule has 1 heterocycles. The number of para-hydroxylation sites is 2. The minimum atomic E-state index is -0.893. The fraction of sp³-hybridized carbons (Fsp3) is 0.348. The fourth-order valence-corrected chi connectivity index (χ4v) is 3.36. The van der Waals surface area contributed by atoms with E-state index in [0.717, 1.165) is 16.7 Å². The van der Waals surface area contributed by atoms with E-state index < -0.39 is 12.1 Å². The molecule has 0 saturated heterocycles. The van der Waals surface area contributed by atoms with Gasteiger partial charge in [0.2, 0.25) is 5.78 Å². The molecular weight excluding hydrogens is 370 g/mol. The van der Waals surface area contributed by atoms with Gasteiger partial charge >= 0.3 is 5.97 Å². The Bertz CT molecular complexity index is 966. The molecule has 0 spiro atoms. The van der Waals surface area contributed by atoms with E-state index in [4.69, 9.17) is 9.47 Å². The maximum atomic E-state index is 12.7. The molecule has 0 N–H and O–H groups in total. The summed E-state index contributed by atoms with van der Waals surface area (Å²) in [5.74, 6) is -0.364. The summed E-state index contributed by atoms with van der Waals surface area (Å²) in [4.78, 5) is 38.7. The van der Waals surface area contributed by atoms with Crippen molar-refractivity contribution in [2.24, 2.45) is 0 Å². The van der Waals surface area contributed by atoms with Crippen molar-refractivity contribution in [3.05, 3.63) is 58.7 Å². The van der Waals surface area contributed by atoms with Crippen LogP contribution in [0.5, 0.6) is 5.75 Å². The first kappa shape index (κ1) is 20.6. The van der Waals surface area contributed by atoms with Gasteiger partial charge in [0.1, 0.15) is 5.75 Å². The van der Waals surface area contributed by atoms with Crippen molar-refractivity contribution in [1.82, 2.24) is 0 Å². The van der Waals surface area contributed by atoms with Gasteiger partial charge in [0.25, 0.3) is 5.91 Å². The Labute approximate surface area is 170 Å². The molecule has 3 rings (SSSR count). The Balaban J connectivity index is 1.62. The number of ketones is 1. The van der Waals surface area contributed by atoms with Crippen molar-refractivity contribution in [2.75, 3.05) is 18.1 Å². The van der Waals surface area contributed by atoms with E-state index in [9.17, 15) is 14.4 Å². The number of fused-ring (bicyclic) bond motifs is 1. The van der Waals surface area contributed by atoms with Crippen LogP contribution in [-0.2, 0) is 14.3 Å². The van der Waals surface area contributed by atoms with Crippen molar-refractivity contribution in [3.8, 4) is 5.75 Å². The number of Topliss-reactive ketones (excluding diaryl/α,β-unsaturated/α-hetero) is 1. The maximum absolute atomic E-state index is 12.7. The van der Waals surface area contributed by atoms with E-state index in [1.807, 2.05) is 39.0 Å². The second-order valence-electron chi connectivity index (χ2n) is 7.30. The summed E-state index contributed by atoms with van der Waals surface area (Å²) < 4.78 is 10.7. The van der Waals surface area contributed by atoms with Crippen LogP contribution in [0.25, 0.3) is 0 Å². The molecule has 2 aromatic rings. The Kier molecular flexibility index (Phi) is 6.01. The molecule has 1 aliphatic rings. The quantitative estimate of drug-likeness (QED) is 0.553. The lowest BCUT2D eigenvalue weighted by Gasteiger charge is -2.29. The minimum absolute atomic E-state index is 0.0103.